The third-order valence-corrected chi connectivity index (χ3v) is 1.52. The van der Waals surface area contributed by atoms with Crippen LogP contribution in [0.4, 0.5) is 0 Å². The van der Waals surface area contributed by atoms with Crippen LogP contribution in [0.1, 0.15) is 20.3 Å². The molecule has 0 radical (unpaired) electrons. The van der Waals surface area contributed by atoms with Gasteiger partial charge < -0.3 is 5.32 Å². The Kier molecular flexibility index (Phi) is 6.84. The lowest BCUT2D eigenvalue weighted by Gasteiger charge is -2.10. The van der Waals surface area contributed by atoms with E-state index in [-0.39, 0.29) is 0 Å². The van der Waals surface area contributed by atoms with E-state index >= 15 is 0 Å². The molecule has 2 N–H and O–H groups in total. The van der Waals surface area contributed by atoms with Gasteiger partial charge in [0, 0.05) is 6.04 Å². The van der Waals surface area contributed by atoms with Crippen molar-refractivity contribution in [2.45, 2.75) is 26.3 Å². The van der Waals surface area contributed by atoms with Crippen LogP contribution in [0, 0.1) is 0 Å². The van der Waals surface area contributed by atoms with Crippen LogP contribution in [-0.2, 0) is 0 Å². The van der Waals surface area contributed by atoms with E-state index in [2.05, 4.69) is 31.1 Å². The molecule has 0 amide bonds. The zero-order chi connectivity index (χ0) is 8.53. The summed E-state index contributed by atoms with van der Waals surface area (Å²) < 4.78 is 0. The highest BCUT2D eigenvalue weighted by atomic mass is 15.1. The molecule has 0 bridgehead atoms. The summed E-state index contributed by atoms with van der Waals surface area (Å²) in [5.74, 6) is 0. The van der Waals surface area contributed by atoms with Gasteiger partial charge in [0.1, 0.15) is 0 Å². The highest BCUT2D eigenvalue weighted by molar-refractivity contribution is 4.95. The van der Waals surface area contributed by atoms with Crippen molar-refractivity contribution in [3.05, 3.63) is 24.9 Å². The van der Waals surface area contributed by atoms with Gasteiger partial charge in [0.15, 0.2) is 0 Å². The van der Waals surface area contributed by atoms with Crippen LogP contribution < -0.4 is 10.6 Å². The van der Waals surface area contributed by atoms with Crippen LogP contribution >= 0.6 is 0 Å². The first-order valence-electron chi connectivity index (χ1n) is 4.05. The van der Waals surface area contributed by atoms with E-state index in [0.717, 1.165) is 13.1 Å². The van der Waals surface area contributed by atoms with Crippen LogP contribution in [0.15, 0.2) is 24.9 Å². The van der Waals surface area contributed by atoms with Crippen molar-refractivity contribution in [2.75, 3.05) is 6.67 Å². The molecule has 0 aromatic rings. The molecule has 2 heteroatoms. The third kappa shape index (κ3) is 7.13. The predicted octanol–water partition coefficient (Wildman–Crippen LogP) is 1.62. The fourth-order valence-electron chi connectivity index (χ4n) is 0.573. The second-order valence-electron chi connectivity index (χ2n) is 2.49. The predicted molar refractivity (Wildman–Crippen MR) is 50.2 cm³/mol. The Balaban J connectivity index is 3.13. The molecule has 1 atom stereocenters. The average molecular weight is 154 g/mol. The molecule has 0 aromatic carbocycles. The maximum Gasteiger partial charge on any atom is 0.0650 e. The maximum absolute atomic E-state index is 3.56. The van der Waals surface area contributed by atoms with E-state index in [4.69, 9.17) is 0 Å². The lowest BCUT2D eigenvalue weighted by molar-refractivity contribution is 0.521. The Hall–Kier alpha value is -0.760. The van der Waals surface area contributed by atoms with Crippen LogP contribution in [-0.4, -0.2) is 12.7 Å². The number of nitrogens with one attached hydrogen (secondary N) is 2. The molecular formula is C9H18N2. The summed E-state index contributed by atoms with van der Waals surface area (Å²) in [6.07, 6.45) is 6.66. The monoisotopic (exact) mass is 154 g/mol. The minimum atomic E-state index is 0.583. The largest absolute Gasteiger partial charge is 0.378 e. The smallest absolute Gasteiger partial charge is 0.0650 e. The SMILES string of the molecule is C=C/C=C/NCNC(C)CC. The van der Waals surface area contributed by atoms with Gasteiger partial charge >= 0.3 is 0 Å². The van der Waals surface area contributed by atoms with Gasteiger partial charge in [-0.2, -0.15) is 0 Å². The minimum absolute atomic E-state index is 0.583. The van der Waals surface area contributed by atoms with Crippen LogP contribution in [0.3, 0.4) is 0 Å². The van der Waals surface area contributed by atoms with Crippen molar-refractivity contribution in [3.63, 3.8) is 0 Å². The number of hydrogen-bond donors (Lipinski definition) is 2. The first-order chi connectivity index (χ1) is 5.31. The van der Waals surface area contributed by atoms with E-state index in [0.29, 0.717) is 6.04 Å². The van der Waals surface area contributed by atoms with Gasteiger partial charge in [-0.05, 0) is 25.6 Å². The molecule has 0 heterocycles. The molecule has 0 aliphatic heterocycles. The van der Waals surface area contributed by atoms with Crippen LogP contribution in [0.5, 0.6) is 0 Å². The van der Waals surface area contributed by atoms with Gasteiger partial charge in [0.05, 0.1) is 6.67 Å². The zero-order valence-corrected chi connectivity index (χ0v) is 7.43. The van der Waals surface area contributed by atoms with Crippen molar-refractivity contribution in [2.24, 2.45) is 0 Å². The van der Waals surface area contributed by atoms with E-state index in [1.165, 1.54) is 0 Å². The van der Waals surface area contributed by atoms with Crippen molar-refractivity contribution in [1.29, 1.82) is 0 Å². The fraction of sp³-hybridized carbons (Fsp3) is 0.556. The second-order valence-corrected chi connectivity index (χ2v) is 2.49. The van der Waals surface area contributed by atoms with Crippen LogP contribution in [0.25, 0.3) is 0 Å². The van der Waals surface area contributed by atoms with Crippen molar-refractivity contribution >= 4 is 0 Å². The molecule has 0 rings (SSSR count). The van der Waals surface area contributed by atoms with Gasteiger partial charge in [-0.25, -0.2) is 0 Å². The van der Waals surface area contributed by atoms with E-state index in [1.807, 2.05) is 12.3 Å². The summed E-state index contributed by atoms with van der Waals surface area (Å²) >= 11 is 0. The Bertz CT molecular complexity index is 119. The Morgan fingerprint density at radius 2 is 2.27 bits per heavy atom. The first kappa shape index (κ1) is 10.2. The van der Waals surface area contributed by atoms with Gasteiger partial charge in [-0.3, -0.25) is 5.32 Å². The van der Waals surface area contributed by atoms with Gasteiger partial charge in [0.2, 0.25) is 0 Å². The zero-order valence-electron chi connectivity index (χ0n) is 7.43. The molecule has 0 saturated carbocycles. The van der Waals surface area contributed by atoms with E-state index in [9.17, 15) is 0 Å². The quantitative estimate of drug-likeness (QED) is 0.345. The number of allylic oxidation sites excluding steroid dienone is 2. The van der Waals surface area contributed by atoms with Crippen molar-refractivity contribution in [1.82, 2.24) is 10.6 Å². The summed E-state index contributed by atoms with van der Waals surface area (Å²) in [6, 6.07) is 0.583. The molecule has 0 aliphatic rings. The summed E-state index contributed by atoms with van der Waals surface area (Å²) in [5.41, 5.74) is 0. The maximum atomic E-state index is 3.56. The second kappa shape index (κ2) is 7.35. The van der Waals surface area contributed by atoms with E-state index in [1.54, 1.807) is 6.08 Å². The van der Waals surface area contributed by atoms with Crippen LogP contribution in [0.2, 0.25) is 0 Å². The number of rotatable bonds is 6. The normalized spacial score (nSPS) is 13.3. The van der Waals surface area contributed by atoms with Gasteiger partial charge in [-0.1, -0.05) is 19.6 Å². The first-order valence-corrected chi connectivity index (χ1v) is 4.05. The average Bonchev–Trinajstić information content (AvgIpc) is 2.04. The molecule has 2 nitrogen and oxygen atoms in total. The summed E-state index contributed by atoms with van der Waals surface area (Å²) in [5, 5.41) is 6.38. The van der Waals surface area contributed by atoms with Crippen molar-refractivity contribution in [3.8, 4) is 0 Å². The third-order valence-electron chi connectivity index (χ3n) is 1.52. The highest BCUT2D eigenvalue weighted by Crippen LogP contribution is 1.84. The molecule has 64 valence electrons. The number of hydrogen-bond acceptors (Lipinski definition) is 2. The highest BCUT2D eigenvalue weighted by Gasteiger charge is 1.92. The molecule has 0 aliphatic carbocycles. The molecule has 11 heavy (non-hydrogen) atoms. The summed E-state index contributed by atoms with van der Waals surface area (Å²) in [7, 11) is 0. The molecular weight excluding hydrogens is 136 g/mol. The fourth-order valence-corrected chi connectivity index (χ4v) is 0.573. The lowest BCUT2D eigenvalue weighted by Crippen LogP contribution is -2.32. The van der Waals surface area contributed by atoms with Crippen molar-refractivity contribution < 1.29 is 0 Å². The Labute approximate surface area is 69.4 Å². The van der Waals surface area contributed by atoms with Gasteiger partial charge in [0.25, 0.3) is 0 Å². The molecule has 0 saturated heterocycles. The topological polar surface area (TPSA) is 24.1 Å². The summed E-state index contributed by atoms with van der Waals surface area (Å²) in [4.78, 5) is 0. The lowest BCUT2D eigenvalue weighted by atomic mass is 10.3. The van der Waals surface area contributed by atoms with E-state index < -0.39 is 0 Å². The summed E-state index contributed by atoms with van der Waals surface area (Å²) in [6.45, 7) is 8.71. The molecule has 0 spiro atoms. The van der Waals surface area contributed by atoms with Gasteiger partial charge in [-0.15, -0.1) is 0 Å². The molecule has 1 unspecified atom stereocenters. The Morgan fingerprint density at radius 1 is 1.55 bits per heavy atom. The minimum Gasteiger partial charge on any atom is -0.378 e. The standard InChI is InChI=1S/C9H18N2/c1-4-6-7-10-8-11-9(3)5-2/h4,6-7,9-11H,1,5,8H2,2-3H3/b7-6+. The molecule has 0 fully saturated rings. The molecule has 0 aromatic heterocycles. The Morgan fingerprint density at radius 3 is 2.82 bits per heavy atom.